The summed E-state index contributed by atoms with van der Waals surface area (Å²) >= 11 is 0. The van der Waals surface area contributed by atoms with E-state index in [4.69, 9.17) is 4.74 Å². The number of aromatic nitrogens is 1. The molecule has 0 aliphatic carbocycles. The zero-order valence-corrected chi connectivity index (χ0v) is 13.4. The van der Waals surface area contributed by atoms with Gasteiger partial charge in [-0.1, -0.05) is 12.1 Å². The highest BCUT2D eigenvalue weighted by Gasteiger charge is 2.34. The van der Waals surface area contributed by atoms with E-state index in [0.717, 1.165) is 37.0 Å². The number of benzene rings is 1. The average molecular weight is 336 g/mol. The van der Waals surface area contributed by atoms with Gasteiger partial charge >= 0.3 is 6.18 Å². The molecule has 0 spiro atoms. The molecule has 0 amide bonds. The molecule has 2 aromatic rings. The zero-order valence-electron chi connectivity index (χ0n) is 13.4. The Kier molecular flexibility index (Phi) is 4.64. The summed E-state index contributed by atoms with van der Waals surface area (Å²) in [7, 11) is 0. The number of anilines is 1. The zero-order chi connectivity index (χ0) is 17.2. The molecule has 1 aliphatic rings. The molecule has 1 atom stereocenters. The van der Waals surface area contributed by atoms with Crippen LogP contribution in [-0.4, -0.2) is 24.7 Å². The van der Waals surface area contributed by atoms with Gasteiger partial charge in [0.1, 0.15) is 11.6 Å². The Morgan fingerprint density at radius 3 is 2.79 bits per heavy atom. The highest BCUT2D eigenvalue weighted by molar-refractivity contribution is 5.42. The number of para-hydroxylation sites is 1. The van der Waals surface area contributed by atoms with Gasteiger partial charge in [0.05, 0.1) is 12.2 Å². The van der Waals surface area contributed by atoms with Gasteiger partial charge in [0.15, 0.2) is 0 Å². The molecule has 1 unspecified atom stereocenters. The fraction of sp³-hybridized carbons (Fsp3) is 0.389. The molecule has 3 rings (SSSR count). The Bertz CT molecular complexity index is 703. The van der Waals surface area contributed by atoms with Crippen molar-refractivity contribution in [3.63, 3.8) is 0 Å². The van der Waals surface area contributed by atoms with Crippen LogP contribution < -0.4 is 9.64 Å². The van der Waals surface area contributed by atoms with Gasteiger partial charge in [-0.05, 0) is 43.2 Å². The molecule has 3 nitrogen and oxygen atoms in total. The minimum atomic E-state index is -4.40. The van der Waals surface area contributed by atoms with Crippen molar-refractivity contribution in [2.24, 2.45) is 5.92 Å². The number of hydrogen-bond acceptors (Lipinski definition) is 3. The molecule has 2 heterocycles. The first-order valence-corrected chi connectivity index (χ1v) is 7.90. The van der Waals surface area contributed by atoms with Crippen LogP contribution in [-0.2, 0) is 6.18 Å². The summed E-state index contributed by atoms with van der Waals surface area (Å²) < 4.78 is 44.4. The second-order valence-corrected chi connectivity index (χ2v) is 6.10. The summed E-state index contributed by atoms with van der Waals surface area (Å²) in [5, 5.41) is 0. The third-order valence-corrected chi connectivity index (χ3v) is 4.18. The van der Waals surface area contributed by atoms with E-state index in [1.807, 2.05) is 19.1 Å². The van der Waals surface area contributed by atoms with E-state index in [1.165, 1.54) is 12.1 Å². The van der Waals surface area contributed by atoms with Crippen molar-refractivity contribution in [2.45, 2.75) is 19.5 Å². The molecule has 1 aromatic heterocycles. The highest BCUT2D eigenvalue weighted by atomic mass is 19.4. The van der Waals surface area contributed by atoms with Crippen molar-refractivity contribution in [3.05, 3.63) is 53.7 Å². The second-order valence-electron chi connectivity index (χ2n) is 6.10. The Labute approximate surface area is 139 Å². The van der Waals surface area contributed by atoms with Crippen molar-refractivity contribution >= 4 is 5.82 Å². The van der Waals surface area contributed by atoms with Gasteiger partial charge in [0.2, 0.25) is 0 Å². The largest absolute Gasteiger partial charge is 0.493 e. The van der Waals surface area contributed by atoms with Gasteiger partial charge in [0.25, 0.3) is 0 Å². The van der Waals surface area contributed by atoms with Crippen LogP contribution in [0.5, 0.6) is 5.75 Å². The fourth-order valence-corrected chi connectivity index (χ4v) is 2.90. The molecular weight excluding hydrogens is 317 g/mol. The first-order valence-electron chi connectivity index (χ1n) is 7.90. The molecule has 24 heavy (non-hydrogen) atoms. The Morgan fingerprint density at radius 2 is 2.04 bits per heavy atom. The van der Waals surface area contributed by atoms with Crippen LogP contribution in [0.2, 0.25) is 0 Å². The van der Waals surface area contributed by atoms with Crippen molar-refractivity contribution in [3.8, 4) is 5.75 Å². The number of rotatable bonds is 4. The third kappa shape index (κ3) is 3.80. The lowest BCUT2D eigenvalue weighted by Crippen LogP contribution is -2.23. The lowest BCUT2D eigenvalue weighted by atomic mass is 10.1. The van der Waals surface area contributed by atoms with E-state index >= 15 is 0 Å². The molecule has 0 radical (unpaired) electrons. The number of pyridine rings is 1. The first-order chi connectivity index (χ1) is 11.4. The van der Waals surface area contributed by atoms with Gasteiger partial charge in [-0.15, -0.1) is 0 Å². The average Bonchev–Trinajstić information content (AvgIpc) is 3.01. The van der Waals surface area contributed by atoms with E-state index in [2.05, 4.69) is 9.88 Å². The number of nitrogens with zero attached hydrogens (tertiary/aromatic N) is 2. The lowest BCUT2D eigenvalue weighted by molar-refractivity contribution is -0.139. The van der Waals surface area contributed by atoms with E-state index in [0.29, 0.717) is 0 Å². The SMILES string of the molecule is Cc1ccnc(N2CCC(COc3ccccc3C(F)(F)F)C2)c1. The molecule has 1 aromatic carbocycles. The normalized spacial score (nSPS) is 18.0. The number of alkyl halides is 3. The second kappa shape index (κ2) is 6.71. The molecule has 1 aliphatic heterocycles. The van der Waals surface area contributed by atoms with Gasteiger partial charge in [-0.2, -0.15) is 13.2 Å². The van der Waals surface area contributed by atoms with Crippen LogP contribution in [0.1, 0.15) is 17.5 Å². The summed E-state index contributed by atoms with van der Waals surface area (Å²) in [5.41, 5.74) is 0.416. The predicted molar refractivity (Wildman–Crippen MR) is 86.2 cm³/mol. The highest BCUT2D eigenvalue weighted by Crippen LogP contribution is 2.36. The van der Waals surface area contributed by atoms with Crippen LogP contribution in [0.15, 0.2) is 42.6 Å². The summed E-state index contributed by atoms with van der Waals surface area (Å²) in [6, 6.07) is 9.31. The molecule has 0 bridgehead atoms. The Hall–Kier alpha value is -2.24. The van der Waals surface area contributed by atoms with Gasteiger partial charge in [-0.25, -0.2) is 4.98 Å². The minimum absolute atomic E-state index is 0.0999. The van der Waals surface area contributed by atoms with Crippen LogP contribution >= 0.6 is 0 Å². The molecule has 0 saturated carbocycles. The topological polar surface area (TPSA) is 25.4 Å². The monoisotopic (exact) mass is 336 g/mol. The molecule has 6 heteroatoms. The summed E-state index contributed by atoms with van der Waals surface area (Å²) in [4.78, 5) is 6.51. The molecule has 1 fully saturated rings. The van der Waals surface area contributed by atoms with Gasteiger partial charge in [-0.3, -0.25) is 0 Å². The Morgan fingerprint density at radius 1 is 1.25 bits per heavy atom. The maximum absolute atomic E-state index is 13.0. The van der Waals surface area contributed by atoms with Crippen molar-refractivity contribution in [2.75, 3.05) is 24.6 Å². The van der Waals surface area contributed by atoms with E-state index < -0.39 is 11.7 Å². The van der Waals surface area contributed by atoms with Gasteiger partial charge < -0.3 is 9.64 Å². The van der Waals surface area contributed by atoms with Crippen molar-refractivity contribution < 1.29 is 17.9 Å². The third-order valence-electron chi connectivity index (χ3n) is 4.18. The fourth-order valence-electron chi connectivity index (χ4n) is 2.90. The lowest BCUT2D eigenvalue weighted by Gasteiger charge is -2.19. The van der Waals surface area contributed by atoms with Crippen LogP contribution in [0, 0.1) is 12.8 Å². The first kappa shape index (κ1) is 16.6. The smallest absolute Gasteiger partial charge is 0.419 e. The van der Waals surface area contributed by atoms with Gasteiger partial charge in [0, 0.05) is 25.2 Å². The summed E-state index contributed by atoms with van der Waals surface area (Å²) in [6.45, 7) is 3.86. The number of halogens is 3. The van der Waals surface area contributed by atoms with Crippen molar-refractivity contribution in [1.29, 1.82) is 0 Å². The molecule has 0 N–H and O–H groups in total. The minimum Gasteiger partial charge on any atom is -0.493 e. The van der Waals surface area contributed by atoms with Crippen LogP contribution in [0.25, 0.3) is 0 Å². The molecule has 1 saturated heterocycles. The van der Waals surface area contributed by atoms with E-state index in [1.54, 1.807) is 12.3 Å². The molecule has 128 valence electrons. The Balaban J connectivity index is 1.61. The predicted octanol–water partition coefficient (Wildman–Crippen LogP) is 4.31. The summed E-state index contributed by atoms with van der Waals surface area (Å²) in [6.07, 6.45) is -1.75. The van der Waals surface area contributed by atoms with Crippen LogP contribution in [0.3, 0.4) is 0 Å². The quantitative estimate of drug-likeness (QED) is 0.832. The maximum atomic E-state index is 13.0. The molecular formula is C18H19F3N2O. The summed E-state index contributed by atoms with van der Waals surface area (Å²) in [5.74, 6) is 0.999. The standard InChI is InChI=1S/C18H19F3N2O/c1-13-6-8-22-17(10-13)23-9-7-14(11-23)12-24-16-5-3-2-4-15(16)18(19,20)21/h2-6,8,10,14H,7,9,11-12H2,1H3. The van der Waals surface area contributed by atoms with E-state index in [-0.39, 0.29) is 18.3 Å². The number of hydrogen-bond donors (Lipinski definition) is 0. The number of aryl methyl sites for hydroxylation is 1. The van der Waals surface area contributed by atoms with Crippen LogP contribution in [0.4, 0.5) is 19.0 Å². The maximum Gasteiger partial charge on any atom is 0.419 e. The number of ether oxygens (including phenoxy) is 1. The van der Waals surface area contributed by atoms with E-state index in [9.17, 15) is 13.2 Å². The van der Waals surface area contributed by atoms with Crippen molar-refractivity contribution in [1.82, 2.24) is 4.98 Å².